The van der Waals surface area contributed by atoms with E-state index >= 15 is 0 Å². The number of hydrogen-bond acceptors (Lipinski definition) is 4. The minimum absolute atomic E-state index is 0.199. The van der Waals surface area contributed by atoms with Gasteiger partial charge in [-0.25, -0.2) is 4.98 Å². The Morgan fingerprint density at radius 1 is 1.22 bits per heavy atom. The van der Waals surface area contributed by atoms with E-state index < -0.39 is 0 Å². The number of benzene rings is 2. The molecule has 0 aliphatic heterocycles. The van der Waals surface area contributed by atoms with Gasteiger partial charge in [0.1, 0.15) is 5.75 Å². The Kier molecular flexibility index (Phi) is 4.55. The Bertz CT molecular complexity index is 856. The second-order valence-corrected chi connectivity index (χ2v) is 5.73. The lowest BCUT2D eigenvalue weighted by molar-refractivity contribution is 0.0958. The van der Waals surface area contributed by atoms with Gasteiger partial charge in [0, 0.05) is 5.56 Å². The molecule has 0 saturated heterocycles. The van der Waals surface area contributed by atoms with Gasteiger partial charge in [-0.15, -0.1) is 11.3 Å². The van der Waals surface area contributed by atoms with Crippen LogP contribution in [0.4, 0.5) is 0 Å². The standard InChI is InChI=1S/C18H14N2O2S/c1-22-14-10-8-13(9-11-14)5-4-12-19-17(21)18-20-15-6-2-3-7-16(15)23-18/h2-3,6-11H,12H2,1H3,(H,19,21). The van der Waals surface area contributed by atoms with Crippen LogP contribution in [-0.2, 0) is 0 Å². The van der Waals surface area contributed by atoms with Gasteiger partial charge in [-0.05, 0) is 36.4 Å². The Morgan fingerprint density at radius 3 is 2.74 bits per heavy atom. The third-order valence-corrected chi connectivity index (χ3v) is 4.18. The van der Waals surface area contributed by atoms with Gasteiger partial charge in [-0.1, -0.05) is 24.0 Å². The van der Waals surface area contributed by atoms with Gasteiger partial charge >= 0.3 is 0 Å². The van der Waals surface area contributed by atoms with Crippen LogP contribution in [0.1, 0.15) is 15.4 Å². The van der Waals surface area contributed by atoms with E-state index in [1.54, 1.807) is 7.11 Å². The van der Waals surface area contributed by atoms with Gasteiger partial charge in [0.15, 0.2) is 5.01 Å². The van der Waals surface area contributed by atoms with Gasteiger partial charge in [0.05, 0.1) is 23.9 Å². The summed E-state index contributed by atoms with van der Waals surface area (Å²) in [4.78, 5) is 16.4. The summed E-state index contributed by atoms with van der Waals surface area (Å²) in [6.07, 6.45) is 0. The van der Waals surface area contributed by atoms with Gasteiger partial charge in [-0.2, -0.15) is 0 Å². The molecular weight excluding hydrogens is 308 g/mol. The van der Waals surface area contributed by atoms with Crippen LogP contribution in [-0.4, -0.2) is 24.5 Å². The highest BCUT2D eigenvalue weighted by Gasteiger charge is 2.10. The van der Waals surface area contributed by atoms with Crippen LogP contribution < -0.4 is 10.1 Å². The summed E-state index contributed by atoms with van der Waals surface area (Å²) in [5.74, 6) is 6.51. The third-order valence-electron chi connectivity index (χ3n) is 3.15. The predicted octanol–water partition coefficient (Wildman–Crippen LogP) is 3.09. The van der Waals surface area contributed by atoms with E-state index in [2.05, 4.69) is 22.1 Å². The molecule has 1 aromatic heterocycles. The van der Waals surface area contributed by atoms with E-state index in [0.717, 1.165) is 21.5 Å². The molecule has 0 aliphatic rings. The van der Waals surface area contributed by atoms with Crippen molar-refractivity contribution < 1.29 is 9.53 Å². The quantitative estimate of drug-likeness (QED) is 0.754. The summed E-state index contributed by atoms with van der Waals surface area (Å²) >= 11 is 1.38. The van der Waals surface area contributed by atoms with Gasteiger partial charge < -0.3 is 10.1 Å². The molecule has 0 spiro atoms. The number of hydrogen-bond donors (Lipinski definition) is 1. The predicted molar refractivity (Wildman–Crippen MR) is 91.8 cm³/mol. The molecular formula is C18H14N2O2S. The number of nitrogens with zero attached hydrogens (tertiary/aromatic N) is 1. The van der Waals surface area contributed by atoms with E-state index in [-0.39, 0.29) is 12.5 Å². The highest BCUT2D eigenvalue weighted by atomic mass is 32.1. The summed E-state index contributed by atoms with van der Waals surface area (Å²) in [5, 5.41) is 3.22. The van der Waals surface area contributed by atoms with Crippen LogP contribution in [0.25, 0.3) is 10.2 Å². The highest BCUT2D eigenvalue weighted by Crippen LogP contribution is 2.21. The summed E-state index contributed by atoms with van der Waals surface area (Å²) < 4.78 is 6.09. The fourth-order valence-corrected chi connectivity index (χ4v) is 2.87. The molecule has 114 valence electrons. The van der Waals surface area contributed by atoms with Crippen molar-refractivity contribution in [2.75, 3.05) is 13.7 Å². The smallest absolute Gasteiger partial charge is 0.281 e. The number of methoxy groups -OCH3 is 1. The van der Waals surface area contributed by atoms with E-state index in [1.165, 1.54) is 11.3 Å². The van der Waals surface area contributed by atoms with Crippen molar-refractivity contribution in [3.05, 3.63) is 59.1 Å². The maximum absolute atomic E-state index is 12.1. The van der Waals surface area contributed by atoms with Crippen molar-refractivity contribution in [2.45, 2.75) is 0 Å². The molecule has 3 aromatic rings. The molecule has 1 N–H and O–H groups in total. The first-order chi connectivity index (χ1) is 11.3. The van der Waals surface area contributed by atoms with Crippen molar-refractivity contribution in [1.82, 2.24) is 10.3 Å². The molecule has 0 saturated carbocycles. The normalized spacial score (nSPS) is 9.96. The average Bonchev–Trinajstić information content (AvgIpc) is 3.03. The summed E-state index contributed by atoms with van der Waals surface area (Å²) in [6.45, 7) is 0.279. The van der Waals surface area contributed by atoms with E-state index in [0.29, 0.717) is 5.01 Å². The van der Waals surface area contributed by atoms with Crippen LogP contribution in [0.3, 0.4) is 0 Å². The van der Waals surface area contributed by atoms with Crippen LogP contribution in [0.5, 0.6) is 5.75 Å². The number of carbonyl (C=O) groups is 1. The molecule has 3 rings (SSSR count). The zero-order valence-electron chi connectivity index (χ0n) is 12.5. The maximum Gasteiger partial charge on any atom is 0.281 e. The van der Waals surface area contributed by atoms with E-state index in [4.69, 9.17) is 4.74 Å². The highest BCUT2D eigenvalue weighted by molar-refractivity contribution is 7.20. The minimum atomic E-state index is -0.199. The Labute approximate surface area is 138 Å². The number of rotatable bonds is 3. The minimum Gasteiger partial charge on any atom is -0.497 e. The lowest BCUT2D eigenvalue weighted by Gasteiger charge is -1.98. The molecule has 2 aromatic carbocycles. The first-order valence-electron chi connectivity index (χ1n) is 7.03. The van der Waals surface area contributed by atoms with Crippen LogP contribution in [0.2, 0.25) is 0 Å². The monoisotopic (exact) mass is 322 g/mol. The third kappa shape index (κ3) is 3.68. The SMILES string of the molecule is COc1ccc(C#CCNC(=O)c2nc3ccccc3s2)cc1. The van der Waals surface area contributed by atoms with Gasteiger partial charge in [0.25, 0.3) is 5.91 Å². The molecule has 0 unspecified atom stereocenters. The van der Waals surface area contributed by atoms with Crippen LogP contribution in [0, 0.1) is 11.8 Å². The summed E-state index contributed by atoms with van der Waals surface area (Å²) in [5.41, 5.74) is 1.71. The zero-order valence-corrected chi connectivity index (χ0v) is 13.3. The largest absolute Gasteiger partial charge is 0.497 e. The fourth-order valence-electron chi connectivity index (χ4n) is 1.99. The molecule has 4 nitrogen and oxygen atoms in total. The number of thiazole rings is 1. The molecule has 0 atom stereocenters. The maximum atomic E-state index is 12.1. The topological polar surface area (TPSA) is 51.2 Å². The molecule has 5 heteroatoms. The first-order valence-corrected chi connectivity index (χ1v) is 7.84. The second kappa shape index (κ2) is 6.95. The summed E-state index contributed by atoms with van der Waals surface area (Å²) in [7, 11) is 1.62. The lowest BCUT2D eigenvalue weighted by atomic mass is 10.2. The molecule has 1 amide bonds. The van der Waals surface area contributed by atoms with Crippen LogP contribution >= 0.6 is 11.3 Å². The number of fused-ring (bicyclic) bond motifs is 1. The number of para-hydroxylation sites is 1. The van der Waals surface area contributed by atoms with Gasteiger partial charge in [0.2, 0.25) is 0 Å². The number of nitrogens with one attached hydrogen (secondary N) is 1. The Hall–Kier alpha value is -2.84. The number of aromatic nitrogens is 1. The van der Waals surface area contributed by atoms with Gasteiger partial charge in [-0.3, -0.25) is 4.79 Å². The summed E-state index contributed by atoms with van der Waals surface area (Å²) in [6, 6.07) is 15.1. The van der Waals surface area contributed by atoms with Crippen molar-refractivity contribution in [3.8, 4) is 17.6 Å². The molecule has 23 heavy (non-hydrogen) atoms. The molecule has 0 fully saturated rings. The van der Waals surface area contributed by atoms with Crippen LogP contribution in [0.15, 0.2) is 48.5 Å². The fraction of sp³-hybridized carbons (Fsp3) is 0.111. The Balaban J connectivity index is 1.59. The van der Waals surface area contributed by atoms with Crippen molar-refractivity contribution in [2.24, 2.45) is 0 Å². The van der Waals surface area contributed by atoms with Crippen molar-refractivity contribution in [1.29, 1.82) is 0 Å². The number of ether oxygens (including phenoxy) is 1. The van der Waals surface area contributed by atoms with E-state index in [9.17, 15) is 4.79 Å². The molecule has 0 radical (unpaired) electrons. The Morgan fingerprint density at radius 2 is 2.00 bits per heavy atom. The van der Waals surface area contributed by atoms with Crippen molar-refractivity contribution >= 4 is 27.5 Å². The number of carbonyl (C=O) groups excluding carboxylic acids is 1. The molecule has 0 bridgehead atoms. The average molecular weight is 322 g/mol. The first kappa shape index (κ1) is 15.1. The lowest BCUT2D eigenvalue weighted by Crippen LogP contribution is -2.23. The second-order valence-electron chi connectivity index (χ2n) is 4.70. The molecule has 0 aliphatic carbocycles. The molecule has 1 heterocycles. The van der Waals surface area contributed by atoms with E-state index in [1.807, 2.05) is 48.5 Å². The zero-order chi connectivity index (χ0) is 16.1. The van der Waals surface area contributed by atoms with Crippen molar-refractivity contribution in [3.63, 3.8) is 0 Å². The number of amides is 1.